The molecule has 0 spiro atoms. The molecule has 0 amide bonds. The van der Waals surface area contributed by atoms with Gasteiger partial charge in [0.1, 0.15) is 11.8 Å². The number of ether oxygens (including phenoxy) is 1. The molecular weight excluding hydrogens is 256 g/mol. The number of esters is 2. The van der Waals surface area contributed by atoms with Crippen LogP contribution >= 0.6 is 0 Å². The molecule has 20 heavy (non-hydrogen) atoms. The van der Waals surface area contributed by atoms with E-state index in [1.54, 1.807) is 13.0 Å². The van der Waals surface area contributed by atoms with Gasteiger partial charge >= 0.3 is 11.9 Å². The van der Waals surface area contributed by atoms with Crippen LogP contribution in [0.5, 0.6) is 0 Å². The van der Waals surface area contributed by atoms with Crippen LogP contribution < -0.4 is 0 Å². The number of hydrogen-bond donors (Lipinski definition) is 0. The maximum absolute atomic E-state index is 12.0. The second-order valence-corrected chi connectivity index (χ2v) is 5.88. The Kier molecular flexibility index (Phi) is 2.28. The molecule has 0 radical (unpaired) electrons. The average Bonchev–Trinajstić information content (AvgIpc) is 2.85. The number of nitrogens with zero attached hydrogens (tertiary/aromatic N) is 2. The minimum atomic E-state index is -0.586. The molecule has 0 fully saturated rings. The van der Waals surface area contributed by atoms with Crippen molar-refractivity contribution in [1.29, 1.82) is 5.26 Å². The smallest absolute Gasteiger partial charge is 0.346 e. The van der Waals surface area contributed by atoms with E-state index >= 15 is 0 Å². The van der Waals surface area contributed by atoms with E-state index < -0.39 is 17.4 Å². The topological polar surface area (TPSA) is 70.4 Å². The number of cyclic esters (lactones) is 2. The van der Waals surface area contributed by atoms with Gasteiger partial charge in [-0.1, -0.05) is 13.8 Å². The second kappa shape index (κ2) is 3.60. The SMILES string of the molecule is CC1=C2C=C(C#N)N(C)C2C(C)(C)C2=C1C(=O)OC2=O. The predicted molar refractivity (Wildman–Crippen MR) is 69.9 cm³/mol. The van der Waals surface area contributed by atoms with Gasteiger partial charge in [-0.25, -0.2) is 9.59 Å². The molecule has 0 aromatic heterocycles. The van der Waals surface area contributed by atoms with Crippen LogP contribution in [-0.4, -0.2) is 29.9 Å². The first-order valence-electron chi connectivity index (χ1n) is 6.37. The molecule has 1 aliphatic carbocycles. The fraction of sp³-hybridized carbons (Fsp3) is 0.400. The lowest BCUT2D eigenvalue weighted by atomic mass is 9.67. The number of rotatable bonds is 0. The van der Waals surface area contributed by atoms with Crippen molar-refractivity contribution in [2.45, 2.75) is 26.8 Å². The molecule has 0 N–H and O–H groups in total. The summed E-state index contributed by atoms with van der Waals surface area (Å²) in [7, 11) is 1.83. The van der Waals surface area contributed by atoms with Gasteiger partial charge in [0, 0.05) is 12.5 Å². The number of nitriles is 1. The van der Waals surface area contributed by atoms with Crippen molar-refractivity contribution in [2.75, 3.05) is 7.05 Å². The van der Waals surface area contributed by atoms with Crippen LogP contribution in [0.1, 0.15) is 20.8 Å². The van der Waals surface area contributed by atoms with E-state index in [0.29, 0.717) is 16.8 Å². The summed E-state index contributed by atoms with van der Waals surface area (Å²) >= 11 is 0. The molecule has 3 rings (SSSR count). The monoisotopic (exact) mass is 270 g/mol. The molecule has 0 bridgehead atoms. The molecule has 2 heterocycles. The van der Waals surface area contributed by atoms with Crippen molar-refractivity contribution < 1.29 is 14.3 Å². The Balaban J connectivity index is 2.31. The molecule has 102 valence electrons. The van der Waals surface area contributed by atoms with E-state index in [1.165, 1.54) is 0 Å². The number of allylic oxidation sites excluding steroid dienone is 1. The summed E-state index contributed by atoms with van der Waals surface area (Å²) in [4.78, 5) is 25.8. The fourth-order valence-corrected chi connectivity index (χ4v) is 3.57. The quantitative estimate of drug-likeness (QED) is 0.492. The van der Waals surface area contributed by atoms with Gasteiger partial charge in [0.2, 0.25) is 0 Å². The number of hydrogen-bond acceptors (Lipinski definition) is 5. The van der Waals surface area contributed by atoms with Gasteiger partial charge in [-0.2, -0.15) is 5.26 Å². The fourth-order valence-electron chi connectivity index (χ4n) is 3.57. The summed E-state index contributed by atoms with van der Waals surface area (Å²) in [6.45, 7) is 5.62. The molecule has 0 aromatic carbocycles. The molecule has 5 nitrogen and oxygen atoms in total. The van der Waals surface area contributed by atoms with E-state index in [0.717, 1.165) is 11.1 Å². The van der Waals surface area contributed by atoms with E-state index in [2.05, 4.69) is 6.07 Å². The zero-order chi connectivity index (χ0) is 14.8. The molecule has 3 aliphatic rings. The largest absolute Gasteiger partial charge is 0.386 e. The Hall–Kier alpha value is -2.35. The molecule has 1 unspecified atom stereocenters. The van der Waals surface area contributed by atoms with E-state index in [9.17, 15) is 14.9 Å². The molecule has 1 atom stereocenters. The summed E-state index contributed by atoms with van der Waals surface area (Å²) in [5, 5.41) is 9.19. The Morgan fingerprint density at radius 3 is 2.60 bits per heavy atom. The third-order valence-electron chi connectivity index (χ3n) is 4.45. The first-order chi connectivity index (χ1) is 9.30. The highest BCUT2D eigenvalue weighted by molar-refractivity contribution is 6.16. The maximum atomic E-state index is 12.0. The molecule has 0 aromatic rings. The Bertz CT molecular complexity index is 701. The maximum Gasteiger partial charge on any atom is 0.346 e. The van der Waals surface area contributed by atoms with Crippen molar-refractivity contribution >= 4 is 11.9 Å². The first-order valence-corrected chi connectivity index (χ1v) is 6.37. The van der Waals surface area contributed by atoms with Crippen LogP contribution in [0.25, 0.3) is 0 Å². The van der Waals surface area contributed by atoms with Gasteiger partial charge in [0.05, 0.1) is 17.2 Å². The Morgan fingerprint density at radius 2 is 2.00 bits per heavy atom. The van der Waals surface area contributed by atoms with E-state index in [-0.39, 0.29) is 6.04 Å². The average molecular weight is 270 g/mol. The highest BCUT2D eigenvalue weighted by atomic mass is 16.6. The minimum Gasteiger partial charge on any atom is -0.386 e. The summed E-state index contributed by atoms with van der Waals surface area (Å²) in [6.07, 6.45) is 1.79. The summed E-state index contributed by atoms with van der Waals surface area (Å²) in [5.74, 6) is -1.14. The van der Waals surface area contributed by atoms with Crippen LogP contribution in [0.4, 0.5) is 0 Å². The van der Waals surface area contributed by atoms with Crippen molar-refractivity contribution in [3.8, 4) is 6.07 Å². The van der Waals surface area contributed by atoms with Crippen molar-refractivity contribution in [3.05, 3.63) is 34.1 Å². The number of carbonyl (C=O) groups is 2. The standard InChI is InChI=1S/C15H14N2O3/c1-7-9-5-8(6-16)17(4)12(9)15(2,3)11-10(7)13(18)20-14(11)19/h5,12H,1-4H3. The third-order valence-corrected chi connectivity index (χ3v) is 4.45. The predicted octanol–water partition coefficient (Wildman–Crippen LogP) is 1.44. The van der Waals surface area contributed by atoms with E-state index in [4.69, 9.17) is 4.74 Å². The first kappa shape index (κ1) is 12.7. The van der Waals surface area contributed by atoms with Crippen LogP contribution in [0, 0.1) is 16.7 Å². The molecular formula is C15H14N2O3. The van der Waals surface area contributed by atoms with Crippen LogP contribution in [0.15, 0.2) is 34.1 Å². The van der Waals surface area contributed by atoms with Crippen molar-refractivity contribution in [3.63, 3.8) is 0 Å². The zero-order valence-corrected chi connectivity index (χ0v) is 11.8. The van der Waals surface area contributed by atoms with Crippen molar-refractivity contribution in [2.24, 2.45) is 5.41 Å². The number of carbonyl (C=O) groups excluding carboxylic acids is 2. The number of likely N-dealkylation sites (N-methyl/N-ethyl adjacent to an activating group) is 1. The molecule has 0 saturated heterocycles. The lowest BCUT2D eigenvalue weighted by molar-refractivity contribution is -0.151. The highest BCUT2D eigenvalue weighted by Gasteiger charge is 2.53. The van der Waals surface area contributed by atoms with Gasteiger partial charge in [0.25, 0.3) is 0 Å². The Morgan fingerprint density at radius 1 is 1.35 bits per heavy atom. The summed E-state index contributed by atoms with van der Waals surface area (Å²) < 4.78 is 4.78. The lowest BCUT2D eigenvalue weighted by Crippen LogP contribution is -2.45. The minimum absolute atomic E-state index is 0.130. The molecule has 5 heteroatoms. The normalized spacial score (nSPS) is 27.2. The summed E-state index contributed by atoms with van der Waals surface area (Å²) in [5.41, 5.74) is 2.40. The second-order valence-electron chi connectivity index (χ2n) is 5.88. The van der Waals surface area contributed by atoms with Crippen LogP contribution in [0.2, 0.25) is 0 Å². The zero-order valence-electron chi connectivity index (χ0n) is 11.8. The number of fused-ring (bicyclic) bond motifs is 1. The van der Waals surface area contributed by atoms with Gasteiger partial charge in [-0.15, -0.1) is 0 Å². The lowest BCUT2D eigenvalue weighted by Gasteiger charge is -2.41. The van der Waals surface area contributed by atoms with Crippen LogP contribution in [-0.2, 0) is 14.3 Å². The van der Waals surface area contributed by atoms with Gasteiger partial charge in [0.15, 0.2) is 0 Å². The molecule has 2 aliphatic heterocycles. The Labute approximate surface area is 116 Å². The van der Waals surface area contributed by atoms with Gasteiger partial charge in [-0.3, -0.25) is 0 Å². The van der Waals surface area contributed by atoms with Gasteiger partial charge in [-0.05, 0) is 24.1 Å². The third kappa shape index (κ3) is 1.26. The van der Waals surface area contributed by atoms with Crippen molar-refractivity contribution in [1.82, 2.24) is 4.90 Å². The summed E-state index contributed by atoms with van der Waals surface area (Å²) in [6, 6.07) is 2.02. The van der Waals surface area contributed by atoms with Crippen LogP contribution in [0.3, 0.4) is 0 Å². The highest BCUT2D eigenvalue weighted by Crippen LogP contribution is 2.51. The van der Waals surface area contributed by atoms with Gasteiger partial charge < -0.3 is 9.64 Å². The van der Waals surface area contributed by atoms with E-state index in [1.807, 2.05) is 25.8 Å². The molecule has 0 saturated carbocycles.